The van der Waals surface area contributed by atoms with Gasteiger partial charge in [-0.15, -0.1) is 10.2 Å². The van der Waals surface area contributed by atoms with Crippen LogP contribution in [-0.2, 0) is 6.42 Å². The number of carbonyl (C=O) groups is 1. The molecule has 1 amide bonds. The molecule has 0 spiro atoms. The summed E-state index contributed by atoms with van der Waals surface area (Å²) >= 11 is 1.47. The Morgan fingerprint density at radius 3 is 2.80 bits per heavy atom. The smallest absolute Gasteiger partial charge is 0.255 e. The number of fused-ring (bicyclic) bond motifs is 1. The van der Waals surface area contributed by atoms with Crippen LogP contribution in [0, 0.1) is 0 Å². The first kappa shape index (κ1) is 20.0. The molecule has 0 saturated carbocycles. The zero-order valence-corrected chi connectivity index (χ0v) is 17.9. The standard InChI is InChI=1S/C22H23N5O2S/c1-4-14(3)29-18-11-7-8-15(13-18)20(28)23-17-10-6-9-16(12-17)21-26-27-19(5-2)24-25-22(27)30-21/h6-14H,4-5H2,1-3H3,(H,23,28). The third-order valence-electron chi connectivity index (χ3n) is 4.75. The molecule has 1 atom stereocenters. The van der Waals surface area contributed by atoms with Crippen LogP contribution < -0.4 is 10.1 Å². The number of nitrogens with one attached hydrogen (secondary N) is 1. The molecule has 4 rings (SSSR count). The van der Waals surface area contributed by atoms with Crippen LogP contribution in [0.2, 0.25) is 0 Å². The van der Waals surface area contributed by atoms with Gasteiger partial charge in [0.05, 0.1) is 6.10 Å². The summed E-state index contributed by atoms with van der Waals surface area (Å²) in [6, 6.07) is 14.9. The van der Waals surface area contributed by atoms with Gasteiger partial charge in [0.15, 0.2) is 5.82 Å². The van der Waals surface area contributed by atoms with Crippen LogP contribution in [0.1, 0.15) is 43.4 Å². The Labute approximate surface area is 178 Å². The van der Waals surface area contributed by atoms with E-state index >= 15 is 0 Å². The van der Waals surface area contributed by atoms with E-state index in [9.17, 15) is 4.79 Å². The molecule has 0 aliphatic rings. The SMILES string of the molecule is CCc1nnc2sc(-c3cccc(NC(=O)c4cccc(OC(C)CC)c4)c3)nn12. The lowest BCUT2D eigenvalue weighted by atomic mass is 10.1. The molecule has 8 heteroatoms. The highest BCUT2D eigenvalue weighted by Gasteiger charge is 2.13. The fourth-order valence-corrected chi connectivity index (χ4v) is 3.81. The van der Waals surface area contributed by atoms with Crippen LogP contribution >= 0.6 is 11.3 Å². The minimum atomic E-state index is -0.187. The van der Waals surface area contributed by atoms with Crippen LogP contribution in [0.25, 0.3) is 15.5 Å². The largest absolute Gasteiger partial charge is 0.491 e. The molecule has 0 aliphatic heterocycles. The maximum absolute atomic E-state index is 12.8. The van der Waals surface area contributed by atoms with Gasteiger partial charge in [-0.2, -0.15) is 9.61 Å². The molecule has 0 fully saturated rings. The second-order valence-corrected chi connectivity index (χ2v) is 7.93. The summed E-state index contributed by atoms with van der Waals surface area (Å²) in [4.78, 5) is 13.5. The van der Waals surface area contributed by atoms with Crippen molar-refractivity contribution in [1.82, 2.24) is 19.8 Å². The second kappa shape index (κ2) is 8.62. The van der Waals surface area contributed by atoms with Gasteiger partial charge < -0.3 is 10.1 Å². The van der Waals surface area contributed by atoms with E-state index in [1.165, 1.54) is 11.3 Å². The highest BCUT2D eigenvalue weighted by Crippen LogP contribution is 2.28. The van der Waals surface area contributed by atoms with Crippen molar-refractivity contribution in [2.75, 3.05) is 5.32 Å². The van der Waals surface area contributed by atoms with E-state index in [-0.39, 0.29) is 12.0 Å². The molecule has 0 saturated heterocycles. The zero-order valence-electron chi connectivity index (χ0n) is 17.1. The molecule has 2 aromatic carbocycles. The van der Waals surface area contributed by atoms with Crippen molar-refractivity contribution >= 4 is 27.9 Å². The summed E-state index contributed by atoms with van der Waals surface area (Å²) in [6.07, 6.45) is 1.77. The van der Waals surface area contributed by atoms with Crippen molar-refractivity contribution in [1.29, 1.82) is 0 Å². The number of benzene rings is 2. The molecule has 0 bridgehead atoms. The maximum atomic E-state index is 12.8. The van der Waals surface area contributed by atoms with Crippen LogP contribution in [0.3, 0.4) is 0 Å². The quantitative estimate of drug-likeness (QED) is 0.462. The van der Waals surface area contributed by atoms with Gasteiger partial charge >= 0.3 is 0 Å². The number of amides is 1. The maximum Gasteiger partial charge on any atom is 0.255 e. The Bertz CT molecular complexity index is 1180. The molecule has 4 aromatic rings. The fourth-order valence-electron chi connectivity index (χ4n) is 2.95. The summed E-state index contributed by atoms with van der Waals surface area (Å²) < 4.78 is 7.59. The first-order valence-corrected chi connectivity index (χ1v) is 10.8. The Kier molecular flexibility index (Phi) is 5.76. The van der Waals surface area contributed by atoms with Gasteiger partial charge in [0, 0.05) is 23.2 Å². The van der Waals surface area contributed by atoms with Gasteiger partial charge in [-0.1, -0.05) is 43.4 Å². The van der Waals surface area contributed by atoms with Gasteiger partial charge in [0.2, 0.25) is 4.96 Å². The first-order chi connectivity index (χ1) is 14.6. The average Bonchev–Trinajstić information content (AvgIpc) is 3.35. The normalized spacial score (nSPS) is 12.1. The first-order valence-electron chi connectivity index (χ1n) is 9.97. The molecule has 2 aromatic heterocycles. The number of aromatic nitrogens is 4. The van der Waals surface area contributed by atoms with Crippen LogP contribution in [-0.4, -0.2) is 31.8 Å². The lowest BCUT2D eigenvalue weighted by Crippen LogP contribution is -2.13. The second-order valence-electron chi connectivity index (χ2n) is 6.97. The predicted molar refractivity (Wildman–Crippen MR) is 118 cm³/mol. The van der Waals surface area contributed by atoms with E-state index in [1.54, 1.807) is 16.6 Å². The summed E-state index contributed by atoms with van der Waals surface area (Å²) in [6.45, 7) is 6.09. The van der Waals surface area contributed by atoms with Crippen molar-refractivity contribution in [2.45, 2.75) is 39.7 Å². The number of hydrogen-bond donors (Lipinski definition) is 1. The minimum Gasteiger partial charge on any atom is -0.491 e. The number of carbonyl (C=O) groups excluding carboxylic acids is 1. The van der Waals surface area contributed by atoms with Crippen molar-refractivity contribution in [2.24, 2.45) is 0 Å². The van der Waals surface area contributed by atoms with Crippen molar-refractivity contribution in [3.8, 4) is 16.3 Å². The third-order valence-corrected chi connectivity index (χ3v) is 5.70. The van der Waals surface area contributed by atoms with E-state index < -0.39 is 0 Å². The summed E-state index contributed by atoms with van der Waals surface area (Å²) in [5, 5.41) is 16.7. The zero-order chi connectivity index (χ0) is 21.1. The molecule has 7 nitrogen and oxygen atoms in total. The molecule has 0 radical (unpaired) electrons. The van der Waals surface area contributed by atoms with Gasteiger partial charge in [-0.05, 0) is 43.7 Å². The number of hydrogen-bond acceptors (Lipinski definition) is 6. The number of nitrogens with zero attached hydrogens (tertiary/aromatic N) is 4. The third kappa shape index (κ3) is 4.18. The van der Waals surface area contributed by atoms with Crippen molar-refractivity contribution in [3.05, 3.63) is 59.9 Å². The van der Waals surface area contributed by atoms with E-state index in [0.29, 0.717) is 17.0 Å². The topological polar surface area (TPSA) is 81.4 Å². The lowest BCUT2D eigenvalue weighted by Gasteiger charge is -2.13. The number of aryl methyl sites for hydroxylation is 1. The number of ether oxygens (including phenoxy) is 1. The molecular weight excluding hydrogens is 398 g/mol. The van der Waals surface area contributed by atoms with Gasteiger partial charge in [0.1, 0.15) is 10.8 Å². The van der Waals surface area contributed by atoms with E-state index in [1.807, 2.05) is 50.2 Å². The molecule has 30 heavy (non-hydrogen) atoms. The van der Waals surface area contributed by atoms with Crippen LogP contribution in [0.15, 0.2) is 48.5 Å². The van der Waals surface area contributed by atoms with E-state index in [2.05, 4.69) is 27.5 Å². The Morgan fingerprint density at radius 2 is 2.00 bits per heavy atom. The molecule has 0 aliphatic carbocycles. The minimum absolute atomic E-state index is 0.0998. The Hall–Kier alpha value is -3.26. The Balaban J connectivity index is 1.53. The van der Waals surface area contributed by atoms with Crippen LogP contribution in [0.4, 0.5) is 5.69 Å². The molecular formula is C22H23N5O2S. The predicted octanol–water partition coefficient (Wildman–Crippen LogP) is 4.84. The highest BCUT2D eigenvalue weighted by molar-refractivity contribution is 7.19. The Morgan fingerprint density at radius 1 is 1.17 bits per heavy atom. The van der Waals surface area contributed by atoms with Gasteiger partial charge in [-0.25, -0.2) is 0 Å². The highest BCUT2D eigenvalue weighted by atomic mass is 32.1. The van der Waals surface area contributed by atoms with E-state index in [4.69, 9.17) is 4.74 Å². The van der Waals surface area contributed by atoms with Crippen molar-refractivity contribution in [3.63, 3.8) is 0 Å². The lowest BCUT2D eigenvalue weighted by molar-refractivity contribution is 0.102. The molecule has 154 valence electrons. The average molecular weight is 422 g/mol. The molecule has 1 N–H and O–H groups in total. The summed E-state index contributed by atoms with van der Waals surface area (Å²) in [7, 11) is 0. The van der Waals surface area contributed by atoms with Gasteiger partial charge in [-0.3, -0.25) is 4.79 Å². The number of rotatable bonds is 7. The van der Waals surface area contributed by atoms with E-state index in [0.717, 1.165) is 34.2 Å². The van der Waals surface area contributed by atoms with Crippen molar-refractivity contribution < 1.29 is 9.53 Å². The van der Waals surface area contributed by atoms with Crippen LogP contribution in [0.5, 0.6) is 5.75 Å². The summed E-state index contributed by atoms with van der Waals surface area (Å²) in [5.74, 6) is 1.34. The monoisotopic (exact) mass is 421 g/mol. The number of anilines is 1. The van der Waals surface area contributed by atoms with Gasteiger partial charge in [0.25, 0.3) is 5.91 Å². The molecule has 2 heterocycles. The molecule has 1 unspecified atom stereocenters. The fraction of sp³-hybridized carbons (Fsp3) is 0.273. The summed E-state index contributed by atoms with van der Waals surface area (Å²) in [5.41, 5.74) is 2.17.